The molecule has 0 N–H and O–H groups in total. The van der Waals surface area contributed by atoms with E-state index in [9.17, 15) is 0 Å². The minimum Gasteiger partial charge on any atom is -0.315 e. The van der Waals surface area contributed by atoms with Crippen LogP contribution < -0.4 is 14.7 Å². The number of aryl methyl sites for hydroxylation is 4. The Morgan fingerprint density at radius 3 is 1.82 bits per heavy atom. The number of hydrogen-bond acceptors (Lipinski definition) is 3. The molecule has 2 atom stereocenters. The molecule has 5 aliphatic carbocycles. The quantitative estimate of drug-likeness (QED) is 0.167. The number of fused-ring (bicyclic) bond motifs is 3. The Balaban J connectivity index is 1.02. The van der Waals surface area contributed by atoms with Gasteiger partial charge in [-0.2, -0.15) is 0 Å². The lowest BCUT2D eigenvalue weighted by Crippen LogP contribution is -2.23. The summed E-state index contributed by atoms with van der Waals surface area (Å²) in [4.78, 5) is 7.52. The van der Waals surface area contributed by atoms with E-state index >= 15 is 0 Å². The average Bonchev–Trinajstić information content (AvgIpc) is 3.61. The second kappa shape index (κ2) is 16.9. The van der Waals surface area contributed by atoms with E-state index in [1.807, 2.05) is 0 Å². The maximum Gasteiger partial charge on any atom is 0.0497 e. The molecule has 0 fully saturated rings. The minimum atomic E-state index is 0.242. The van der Waals surface area contributed by atoms with Gasteiger partial charge in [0.25, 0.3) is 0 Å². The minimum absolute atomic E-state index is 0.242. The number of nitrogens with zero attached hydrogens (tertiary/aromatic N) is 3. The molecule has 10 rings (SSSR count). The number of benzene rings is 4. The molecule has 0 spiro atoms. The van der Waals surface area contributed by atoms with Crippen LogP contribution in [-0.2, 0) is 0 Å². The Kier molecular flexibility index (Phi) is 10.8. The van der Waals surface area contributed by atoms with Crippen LogP contribution >= 0.6 is 0 Å². The van der Waals surface area contributed by atoms with E-state index in [0.29, 0.717) is 5.92 Å². The van der Waals surface area contributed by atoms with Crippen molar-refractivity contribution in [3.8, 4) is 11.1 Å². The molecule has 0 aromatic heterocycles. The zero-order valence-corrected chi connectivity index (χ0v) is 37.2. The summed E-state index contributed by atoms with van der Waals surface area (Å²) in [5.74, 6) is 0.815. The average molecular weight is 810 g/mol. The third kappa shape index (κ3) is 7.42. The number of para-hydroxylation sites is 1. The summed E-state index contributed by atoms with van der Waals surface area (Å²) in [6.07, 6.45) is 41.1. The summed E-state index contributed by atoms with van der Waals surface area (Å²) in [6, 6.07) is 27.9. The van der Waals surface area contributed by atoms with Gasteiger partial charge in [-0.05, 0) is 214 Å². The fourth-order valence-corrected chi connectivity index (χ4v) is 10.8. The molecule has 3 nitrogen and oxygen atoms in total. The van der Waals surface area contributed by atoms with Crippen molar-refractivity contribution in [1.29, 1.82) is 0 Å². The first kappa shape index (κ1) is 39.8. The van der Waals surface area contributed by atoms with E-state index in [1.54, 1.807) is 0 Å². The largest absolute Gasteiger partial charge is 0.315 e. The predicted molar refractivity (Wildman–Crippen MR) is 265 cm³/mol. The fourth-order valence-electron chi connectivity index (χ4n) is 10.8. The molecular weight excluding hydrogens is 751 g/mol. The van der Waals surface area contributed by atoms with Crippen molar-refractivity contribution in [2.75, 3.05) is 14.7 Å². The van der Waals surface area contributed by atoms with Crippen LogP contribution in [0, 0.1) is 33.6 Å². The van der Waals surface area contributed by atoms with E-state index in [4.69, 9.17) is 0 Å². The van der Waals surface area contributed by atoms with Crippen molar-refractivity contribution in [2.24, 2.45) is 5.92 Å². The van der Waals surface area contributed by atoms with Crippen LogP contribution in [-0.4, -0.2) is 0 Å². The van der Waals surface area contributed by atoms with Crippen LogP contribution in [0.1, 0.15) is 97.6 Å². The van der Waals surface area contributed by atoms with E-state index in [1.165, 1.54) is 101 Å². The topological polar surface area (TPSA) is 9.72 Å². The molecule has 6 aliphatic rings. The number of anilines is 4. The van der Waals surface area contributed by atoms with Crippen LogP contribution in [0.4, 0.5) is 22.7 Å². The van der Waals surface area contributed by atoms with Crippen molar-refractivity contribution < 1.29 is 0 Å². The molecule has 4 aromatic carbocycles. The van der Waals surface area contributed by atoms with Crippen LogP contribution in [0.5, 0.6) is 0 Å². The van der Waals surface area contributed by atoms with Crippen LogP contribution in [0.15, 0.2) is 186 Å². The summed E-state index contributed by atoms with van der Waals surface area (Å²) >= 11 is 0. The molecule has 0 amide bonds. The third-order valence-electron chi connectivity index (χ3n) is 13.7. The zero-order chi connectivity index (χ0) is 42.3. The van der Waals surface area contributed by atoms with Gasteiger partial charge in [-0.25, -0.2) is 0 Å². The Morgan fingerprint density at radius 2 is 1.24 bits per heavy atom. The first-order valence-corrected chi connectivity index (χ1v) is 23.0. The zero-order valence-electron chi connectivity index (χ0n) is 37.2. The van der Waals surface area contributed by atoms with Gasteiger partial charge in [-0.3, -0.25) is 0 Å². The Hall–Kier alpha value is -6.32. The number of hydrogen-bond donors (Lipinski definition) is 0. The summed E-state index contributed by atoms with van der Waals surface area (Å²) in [7, 11) is 0. The van der Waals surface area contributed by atoms with Crippen LogP contribution in [0.25, 0.3) is 16.7 Å². The summed E-state index contributed by atoms with van der Waals surface area (Å²) < 4.78 is 0. The summed E-state index contributed by atoms with van der Waals surface area (Å²) in [6.45, 7) is 11.6. The normalized spacial score (nSPS) is 20.1. The molecule has 0 bridgehead atoms. The predicted octanol–water partition coefficient (Wildman–Crippen LogP) is 16.0. The standard InChI is InChI=1S/C59H59N3/c1-40-26-30-51(31-27-40)61(49-22-14-8-15-23-49)53-36-43(4)59(44(5)37-53)46-29-33-57-55(39-46)54-38-45(28-32-56(54)62(57)50-24-16-9-17-25-50)58-41(2)34-52(35-42(58)3)60(47-18-10-6-11-19-47)48-20-12-7-13-21-48/h6,8-10,12,14,16-18,20-22,24-26,28-37,39-40,54H,7,11,13,15,19,23,27,38H2,1-5H3. The Bertz CT molecular complexity index is 2710. The molecule has 0 saturated heterocycles. The maximum atomic E-state index is 2.52. The van der Waals surface area contributed by atoms with E-state index in [2.05, 4.69) is 207 Å². The molecule has 310 valence electrons. The van der Waals surface area contributed by atoms with E-state index in [0.717, 1.165) is 51.4 Å². The lowest BCUT2D eigenvalue weighted by Gasteiger charge is -2.32. The second-order valence-corrected chi connectivity index (χ2v) is 18.1. The lowest BCUT2D eigenvalue weighted by atomic mass is 9.81. The van der Waals surface area contributed by atoms with Gasteiger partial charge >= 0.3 is 0 Å². The van der Waals surface area contributed by atoms with Crippen molar-refractivity contribution >= 4 is 28.3 Å². The number of rotatable bonds is 9. The highest BCUT2D eigenvalue weighted by Crippen LogP contribution is 2.54. The summed E-state index contributed by atoms with van der Waals surface area (Å²) in [5.41, 5.74) is 23.8. The Morgan fingerprint density at radius 1 is 0.597 bits per heavy atom. The smallest absolute Gasteiger partial charge is 0.0497 e. The molecule has 1 heterocycles. The first-order chi connectivity index (χ1) is 30.3. The fraction of sp³-hybridized carbons (Fsp3) is 0.254. The molecular formula is C59H59N3. The lowest BCUT2D eigenvalue weighted by molar-refractivity contribution is 0.725. The Labute approximate surface area is 370 Å². The monoisotopic (exact) mass is 809 g/mol. The number of allylic oxidation sites excluding steroid dienone is 18. The second-order valence-electron chi connectivity index (χ2n) is 18.1. The van der Waals surface area contributed by atoms with Crippen molar-refractivity contribution in [2.45, 2.75) is 91.9 Å². The summed E-state index contributed by atoms with van der Waals surface area (Å²) in [5, 5.41) is 0. The van der Waals surface area contributed by atoms with E-state index < -0.39 is 0 Å². The van der Waals surface area contributed by atoms with E-state index in [-0.39, 0.29) is 5.92 Å². The van der Waals surface area contributed by atoms with Gasteiger partial charge in [0.15, 0.2) is 0 Å². The molecule has 0 saturated carbocycles. The highest BCUT2D eigenvalue weighted by molar-refractivity contribution is 5.87. The van der Waals surface area contributed by atoms with Crippen molar-refractivity contribution in [3.63, 3.8) is 0 Å². The molecule has 2 unspecified atom stereocenters. The highest BCUT2D eigenvalue weighted by atomic mass is 15.2. The van der Waals surface area contributed by atoms with Gasteiger partial charge in [-0.1, -0.05) is 85.9 Å². The van der Waals surface area contributed by atoms with Crippen LogP contribution in [0.2, 0.25) is 0 Å². The molecule has 62 heavy (non-hydrogen) atoms. The molecule has 3 heteroatoms. The first-order valence-electron chi connectivity index (χ1n) is 23.0. The van der Waals surface area contributed by atoms with Gasteiger partial charge in [-0.15, -0.1) is 0 Å². The van der Waals surface area contributed by atoms with Gasteiger partial charge in [0.1, 0.15) is 0 Å². The van der Waals surface area contributed by atoms with Gasteiger partial charge in [0.2, 0.25) is 0 Å². The molecule has 0 radical (unpaired) electrons. The van der Waals surface area contributed by atoms with Gasteiger partial charge in [0, 0.05) is 57.2 Å². The third-order valence-corrected chi connectivity index (χ3v) is 13.7. The molecule has 1 aliphatic heterocycles. The van der Waals surface area contributed by atoms with Crippen molar-refractivity contribution in [1.82, 2.24) is 0 Å². The maximum absolute atomic E-state index is 2.52. The van der Waals surface area contributed by atoms with Crippen LogP contribution in [0.3, 0.4) is 0 Å². The SMILES string of the molecule is Cc1cc(N(C2=CCCC=C2)C2=CC=CCC2)cc(C)c1C1=CC=C2C(C1)c1cc(-c3c(C)cc(N(C4=CCC(C)C=C4)C4=CC=CCC4)cc3C)ccc1N2c1ccccc1. The molecule has 4 aromatic rings. The van der Waals surface area contributed by atoms with Gasteiger partial charge < -0.3 is 14.7 Å². The van der Waals surface area contributed by atoms with Gasteiger partial charge in [0.05, 0.1) is 0 Å². The highest BCUT2D eigenvalue weighted by Gasteiger charge is 2.37. The van der Waals surface area contributed by atoms with Crippen molar-refractivity contribution in [3.05, 3.63) is 220 Å².